The number of methoxy groups -OCH3 is 1. The van der Waals surface area contributed by atoms with Crippen LogP contribution in [0.4, 0.5) is 32.0 Å². The number of alkyl halides is 6. The van der Waals surface area contributed by atoms with Crippen LogP contribution in [0.3, 0.4) is 0 Å². The maximum absolute atomic E-state index is 12.7. The van der Waals surface area contributed by atoms with E-state index in [9.17, 15) is 36.5 Å². The van der Waals surface area contributed by atoms with Crippen molar-refractivity contribution in [2.75, 3.05) is 7.11 Å². The first-order valence-electron chi connectivity index (χ1n) is 4.51. The van der Waals surface area contributed by atoms with Gasteiger partial charge in [-0.1, -0.05) is 0 Å². The molecular formula is C8H4F6N2O4. The number of ether oxygens (including phenoxy) is 2. The van der Waals surface area contributed by atoms with Crippen LogP contribution in [0.1, 0.15) is 5.56 Å². The molecule has 0 aliphatic rings. The first-order valence-corrected chi connectivity index (χ1v) is 4.51. The average Bonchev–Trinajstić information content (AvgIpc) is 2.24. The third kappa shape index (κ3) is 3.39. The van der Waals surface area contributed by atoms with Gasteiger partial charge in [-0.2, -0.15) is 13.2 Å². The third-order valence-electron chi connectivity index (χ3n) is 1.87. The van der Waals surface area contributed by atoms with Crippen LogP contribution in [-0.2, 0) is 6.18 Å². The Bertz CT molecular complexity index is 527. The first-order chi connectivity index (χ1) is 8.97. The summed E-state index contributed by atoms with van der Waals surface area (Å²) in [7, 11) is 0.734. The topological polar surface area (TPSA) is 74.5 Å². The van der Waals surface area contributed by atoms with E-state index in [1.165, 1.54) is 0 Å². The Kier molecular flexibility index (Phi) is 3.96. The van der Waals surface area contributed by atoms with Crippen molar-refractivity contribution in [3.63, 3.8) is 0 Å². The maximum Gasteiger partial charge on any atom is 0.573 e. The highest BCUT2D eigenvalue weighted by Crippen LogP contribution is 2.47. The van der Waals surface area contributed by atoms with Crippen molar-refractivity contribution in [3.8, 4) is 11.6 Å². The van der Waals surface area contributed by atoms with Gasteiger partial charge in [-0.3, -0.25) is 10.1 Å². The highest BCUT2D eigenvalue weighted by molar-refractivity contribution is 5.54. The molecular weight excluding hydrogens is 302 g/mol. The lowest BCUT2D eigenvalue weighted by Crippen LogP contribution is -2.22. The molecule has 0 bridgehead atoms. The second kappa shape index (κ2) is 5.02. The number of aromatic nitrogens is 1. The average molecular weight is 306 g/mol. The molecule has 0 radical (unpaired) electrons. The lowest BCUT2D eigenvalue weighted by atomic mass is 10.2. The standard InChI is InChI=1S/C8H4F6N2O4/c1-19-6-5(20-8(12,13)14)4(7(9,10)11)3(2-15-6)16(17)18/h2H,1H3. The summed E-state index contributed by atoms with van der Waals surface area (Å²) < 4.78 is 81.9. The van der Waals surface area contributed by atoms with E-state index in [2.05, 4.69) is 14.5 Å². The number of nitro groups is 1. The van der Waals surface area contributed by atoms with Crippen molar-refractivity contribution in [3.05, 3.63) is 21.9 Å². The Labute approximate surface area is 106 Å². The quantitative estimate of drug-likeness (QED) is 0.487. The van der Waals surface area contributed by atoms with Gasteiger partial charge in [0, 0.05) is 0 Å². The van der Waals surface area contributed by atoms with Crippen molar-refractivity contribution in [2.24, 2.45) is 0 Å². The highest BCUT2D eigenvalue weighted by atomic mass is 19.4. The molecule has 0 amide bonds. The second-order valence-corrected chi connectivity index (χ2v) is 3.16. The molecule has 1 rings (SSSR count). The van der Waals surface area contributed by atoms with Crippen molar-refractivity contribution in [1.29, 1.82) is 0 Å². The summed E-state index contributed by atoms with van der Waals surface area (Å²) in [6.45, 7) is 0. The van der Waals surface area contributed by atoms with Crippen LogP contribution in [0.2, 0.25) is 0 Å². The monoisotopic (exact) mass is 306 g/mol. The van der Waals surface area contributed by atoms with Crippen LogP contribution in [-0.4, -0.2) is 23.4 Å². The van der Waals surface area contributed by atoms with Gasteiger partial charge in [0.05, 0.1) is 12.0 Å². The SMILES string of the molecule is COc1ncc([N+](=O)[O-])c(C(F)(F)F)c1OC(F)(F)F. The smallest absolute Gasteiger partial charge is 0.478 e. The normalized spacial score (nSPS) is 12.2. The molecule has 0 spiro atoms. The Morgan fingerprint density at radius 2 is 1.80 bits per heavy atom. The third-order valence-corrected chi connectivity index (χ3v) is 1.87. The van der Waals surface area contributed by atoms with Gasteiger partial charge in [0.25, 0.3) is 5.88 Å². The minimum atomic E-state index is -5.51. The molecule has 1 aromatic heterocycles. The summed E-state index contributed by atoms with van der Waals surface area (Å²) in [4.78, 5) is 11.9. The van der Waals surface area contributed by atoms with E-state index in [1.807, 2.05) is 0 Å². The van der Waals surface area contributed by atoms with Crippen LogP contribution in [0.25, 0.3) is 0 Å². The molecule has 0 saturated carbocycles. The molecule has 0 saturated heterocycles. The minimum absolute atomic E-state index is 0.130. The molecule has 12 heteroatoms. The fourth-order valence-corrected chi connectivity index (χ4v) is 1.23. The van der Waals surface area contributed by atoms with Crippen molar-refractivity contribution < 1.29 is 40.7 Å². The Balaban J connectivity index is 3.65. The van der Waals surface area contributed by atoms with Crippen molar-refractivity contribution >= 4 is 5.69 Å². The summed E-state index contributed by atoms with van der Waals surface area (Å²) in [5.41, 5.74) is -3.91. The van der Waals surface area contributed by atoms with Gasteiger partial charge >= 0.3 is 18.2 Å². The molecule has 0 aromatic carbocycles. The van der Waals surface area contributed by atoms with Gasteiger partial charge in [-0.05, 0) is 0 Å². The van der Waals surface area contributed by atoms with Gasteiger partial charge in [0.2, 0.25) is 5.75 Å². The van der Waals surface area contributed by atoms with Crippen molar-refractivity contribution in [2.45, 2.75) is 12.5 Å². The van der Waals surface area contributed by atoms with E-state index in [4.69, 9.17) is 0 Å². The number of pyridine rings is 1. The van der Waals surface area contributed by atoms with Gasteiger partial charge in [0.15, 0.2) is 5.56 Å². The number of hydrogen-bond donors (Lipinski definition) is 0. The maximum atomic E-state index is 12.7. The number of rotatable bonds is 3. The first kappa shape index (κ1) is 15.8. The van der Waals surface area contributed by atoms with Crippen LogP contribution in [0.15, 0.2) is 6.20 Å². The van der Waals surface area contributed by atoms with E-state index in [1.54, 1.807) is 0 Å². The highest BCUT2D eigenvalue weighted by Gasteiger charge is 2.47. The second-order valence-electron chi connectivity index (χ2n) is 3.16. The van der Waals surface area contributed by atoms with Crippen molar-refractivity contribution in [1.82, 2.24) is 4.98 Å². The Morgan fingerprint density at radius 3 is 2.15 bits per heavy atom. The molecule has 20 heavy (non-hydrogen) atoms. The van der Waals surface area contributed by atoms with E-state index in [0.717, 1.165) is 7.11 Å². The fraction of sp³-hybridized carbons (Fsp3) is 0.375. The predicted molar refractivity (Wildman–Crippen MR) is 49.1 cm³/mol. The number of hydrogen-bond acceptors (Lipinski definition) is 5. The van der Waals surface area contributed by atoms with E-state index in [-0.39, 0.29) is 6.20 Å². The van der Waals surface area contributed by atoms with Crippen LogP contribution in [0, 0.1) is 10.1 Å². The predicted octanol–water partition coefficient (Wildman–Crippen LogP) is 2.92. The van der Waals surface area contributed by atoms with E-state index >= 15 is 0 Å². The van der Waals surface area contributed by atoms with E-state index < -0.39 is 40.3 Å². The summed E-state index contributed by atoms with van der Waals surface area (Å²) in [5, 5.41) is 10.5. The molecule has 1 heterocycles. The molecule has 0 aliphatic heterocycles. The van der Waals surface area contributed by atoms with Crippen LogP contribution in [0.5, 0.6) is 11.6 Å². The Morgan fingerprint density at radius 1 is 1.25 bits per heavy atom. The zero-order chi connectivity index (χ0) is 15.7. The largest absolute Gasteiger partial charge is 0.573 e. The molecule has 0 aliphatic carbocycles. The van der Waals surface area contributed by atoms with Gasteiger partial charge in [-0.15, -0.1) is 13.2 Å². The molecule has 1 aromatic rings. The van der Waals surface area contributed by atoms with Gasteiger partial charge in [0.1, 0.15) is 6.20 Å². The molecule has 0 unspecified atom stereocenters. The molecule has 0 atom stereocenters. The molecule has 6 nitrogen and oxygen atoms in total. The summed E-state index contributed by atoms with van der Waals surface area (Å²) >= 11 is 0. The van der Waals surface area contributed by atoms with E-state index in [0.29, 0.717) is 0 Å². The molecule has 0 fully saturated rings. The zero-order valence-electron chi connectivity index (χ0n) is 9.37. The fourth-order valence-electron chi connectivity index (χ4n) is 1.23. The van der Waals surface area contributed by atoms with Crippen LogP contribution >= 0.6 is 0 Å². The molecule has 112 valence electrons. The number of halogens is 6. The van der Waals surface area contributed by atoms with Crippen LogP contribution < -0.4 is 9.47 Å². The molecule has 0 N–H and O–H groups in total. The summed E-state index contributed by atoms with van der Waals surface area (Å²) in [6.07, 6.45) is -10.9. The minimum Gasteiger partial charge on any atom is -0.478 e. The summed E-state index contributed by atoms with van der Waals surface area (Å²) in [5.74, 6) is -3.10. The van der Waals surface area contributed by atoms with Gasteiger partial charge in [-0.25, -0.2) is 4.98 Å². The lowest BCUT2D eigenvalue weighted by Gasteiger charge is -2.16. The van der Waals surface area contributed by atoms with Gasteiger partial charge < -0.3 is 9.47 Å². The zero-order valence-corrected chi connectivity index (χ0v) is 9.37. The lowest BCUT2D eigenvalue weighted by molar-refractivity contribution is -0.388. The Hall–Kier alpha value is -2.27. The number of nitrogens with zero attached hydrogens (tertiary/aromatic N) is 2. The summed E-state index contributed by atoms with van der Waals surface area (Å²) in [6, 6.07) is 0.